The fraction of sp³-hybridized carbons (Fsp3) is 0. The summed E-state index contributed by atoms with van der Waals surface area (Å²) in [5, 5.41) is 38.3. The van der Waals surface area contributed by atoms with Crippen molar-refractivity contribution in [2.75, 3.05) is 22.9 Å². The number of halogens is 4. The van der Waals surface area contributed by atoms with E-state index in [1.54, 1.807) is 60.7 Å². The van der Waals surface area contributed by atoms with Crippen LogP contribution >= 0.6 is 15.9 Å². The van der Waals surface area contributed by atoms with Crippen LogP contribution in [0.4, 0.5) is 47.3 Å². The molecule has 0 aliphatic carbocycles. The molecule has 0 spiro atoms. The molecule has 6 rings (SSSR count). The van der Waals surface area contributed by atoms with Crippen molar-refractivity contribution < 1.29 is 34.5 Å². The first kappa shape index (κ1) is 41.0. The largest absolute Gasteiger partial charge is 0.491 e. The van der Waals surface area contributed by atoms with Gasteiger partial charge in [0.25, 0.3) is 5.69 Å². The Balaban J connectivity index is 0.000000253. The second kappa shape index (κ2) is 19.3. The third-order valence-corrected chi connectivity index (χ3v) is 7.74. The van der Waals surface area contributed by atoms with E-state index >= 15 is 0 Å². The molecule has 0 radical (unpaired) electrons. The molecule has 12 nitrogen and oxygen atoms in total. The summed E-state index contributed by atoms with van der Waals surface area (Å²) in [7, 11) is -1.72. The normalized spacial score (nSPS) is 9.92. The van der Waals surface area contributed by atoms with Gasteiger partial charge in [-0.25, -0.2) is 13.2 Å². The topological polar surface area (TPSA) is 231 Å². The quantitative estimate of drug-likeness (QED) is 0.0440. The molecule has 0 bridgehead atoms. The maximum atomic E-state index is 13.6. The molecule has 0 amide bonds. The highest BCUT2D eigenvalue weighted by Crippen LogP contribution is 2.36. The average molecular weight is 793 g/mol. The molecule has 0 aliphatic rings. The first-order valence-electron chi connectivity index (χ1n) is 15.1. The smallest absolute Gasteiger partial charge is 0.423 e. The lowest BCUT2D eigenvalue weighted by molar-refractivity contribution is -0.384. The summed E-state index contributed by atoms with van der Waals surface area (Å²) in [6.45, 7) is 0. The number of nitrogen functional groups attached to an aromatic ring is 4. The van der Waals surface area contributed by atoms with Crippen molar-refractivity contribution in [3.05, 3.63) is 170 Å². The van der Waals surface area contributed by atoms with Gasteiger partial charge >= 0.3 is 12.8 Å². The molecule has 6 aromatic rings. The van der Waals surface area contributed by atoms with Gasteiger partial charge in [-0.15, -0.1) is 0 Å². The van der Waals surface area contributed by atoms with Crippen molar-refractivity contribution in [1.82, 2.24) is 0 Å². The SMILES string of the molecule is Nc1cccc(-c2ccccc2F)c1N.Nc1cccc(-c2ccccc2F)c1[N+](=O)[O-].Nc1cccc(Br)c1[N+](=O)[O-].OB(O)c1ccccc1F.[HH]. The molecule has 17 heteroatoms. The molecular weight excluding hydrogens is 760 g/mol. The van der Waals surface area contributed by atoms with Gasteiger partial charge < -0.3 is 33.0 Å². The molecule has 0 fully saturated rings. The van der Waals surface area contributed by atoms with E-state index in [0.29, 0.717) is 27.0 Å². The van der Waals surface area contributed by atoms with Crippen molar-refractivity contribution in [1.29, 1.82) is 0 Å². The number of hydrogen-bond donors (Lipinski definition) is 6. The van der Waals surface area contributed by atoms with E-state index in [1.165, 1.54) is 66.7 Å². The molecule has 6 aromatic carbocycles. The Morgan fingerprint density at radius 3 is 1.36 bits per heavy atom. The van der Waals surface area contributed by atoms with Gasteiger partial charge in [0.1, 0.15) is 28.8 Å². The van der Waals surface area contributed by atoms with Gasteiger partial charge in [0.2, 0.25) is 0 Å². The lowest BCUT2D eigenvalue weighted by Crippen LogP contribution is -2.32. The Kier molecular flexibility index (Phi) is 14.9. The van der Waals surface area contributed by atoms with Crippen molar-refractivity contribution in [2.24, 2.45) is 0 Å². The maximum Gasteiger partial charge on any atom is 0.491 e. The van der Waals surface area contributed by atoms with Crippen LogP contribution in [-0.2, 0) is 0 Å². The van der Waals surface area contributed by atoms with Crippen LogP contribution in [0.5, 0.6) is 0 Å². The summed E-state index contributed by atoms with van der Waals surface area (Å²) in [6.07, 6.45) is 0. The molecule has 53 heavy (non-hydrogen) atoms. The monoisotopic (exact) mass is 792 g/mol. The van der Waals surface area contributed by atoms with E-state index in [9.17, 15) is 33.4 Å². The number of hydrogen-bond acceptors (Lipinski definition) is 10. The number of anilines is 4. The fourth-order valence-electron chi connectivity index (χ4n) is 4.57. The molecule has 0 atom stereocenters. The van der Waals surface area contributed by atoms with Crippen LogP contribution in [0.3, 0.4) is 0 Å². The van der Waals surface area contributed by atoms with Gasteiger partial charge in [-0.1, -0.05) is 78.9 Å². The standard InChI is InChI=1S/C12H9FN2O2.C12H11FN2.C6H6BFO2.C6H5BrN2O2.H2/c13-10-6-2-1-4-8(10)9-5-3-7-11(14)12(9)15(16)17;13-10-6-2-1-4-8(10)9-5-3-7-11(14)12(9)15;8-6-4-2-1-3-5(6)7(9)10;7-4-2-1-3-5(8)6(4)9(10)11;/h1-7H,14H2;1-7H,14-15H2;1-4,9-10H;1-3H,8H2;1H. The van der Waals surface area contributed by atoms with Crippen LogP contribution < -0.4 is 28.4 Å². The van der Waals surface area contributed by atoms with Gasteiger partial charge in [-0.3, -0.25) is 20.2 Å². The fourth-order valence-corrected chi connectivity index (χ4v) is 5.10. The predicted molar refractivity (Wildman–Crippen MR) is 207 cm³/mol. The van der Waals surface area contributed by atoms with Gasteiger partial charge in [0, 0.05) is 23.6 Å². The van der Waals surface area contributed by atoms with Gasteiger partial charge in [-0.2, -0.15) is 0 Å². The lowest BCUT2D eigenvalue weighted by Gasteiger charge is -2.08. The molecule has 274 valence electrons. The van der Waals surface area contributed by atoms with Gasteiger partial charge in [-0.05, 0) is 64.5 Å². The number of nitrogens with zero attached hydrogens (tertiary/aromatic N) is 2. The van der Waals surface area contributed by atoms with Crippen molar-refractivity contribution in [3.63, 3.8) is 0 Å². The van der Waals surface area contributed by atoms with E-state index in [-0.39, 0.29) is 46.6 Å². The zero-order valence-electron chi connectivity index (χ0n) is 27.4. The van der Waals surface area contributed by atoms with E-state index in [0.717, 1.165) is 0 Å². The zero-order chi connectivity index (χ0) is 39.2. The summed E-state index contributed by atoms with van der Waals surface area (Å²) in [5.41, 5.74) is 24.5. The summed E-state index contributed by atoms with van der Waals surface area (Å²) >= 11 is 3.03. The Bertz CT molecular complexity index is 2200. The summed E-state index contributed by atoms with van der Waals surface area (Å²) in [6, 6.07) is 32.3. The van der Waals surface area contributed by atoms with Crippen molar-refractivity contribution >= 4 is 62.6 Å². The van der Waals surface area contributed by atoms with Crippen LogP contribution in [0.1, 0.15) is 1.43 Å². The van der Waals surface area contributed by atoms with E-state index in [4.69, 9.17) is 33.0 Å². The molecule has 0 aliphatic heterocycles. The third kappa shape index (κ3) is 11.0. The first-order chi connectivity index (χ1) is 25.1. The first-order valence-corrected chi connectivity index (χ1v) is 15.9. The minimum atomic E-state index is -1.72. The third-order valence-electron chi connectivity index (χ3n) is 7.10. The lowest BCUT2D eigenvalue weighted by atomic mass is 9.80. The van der Waals surface area contributed by atoms with E-state index < -0.39 is 28.6 Å². The maximum absolute atomic E-state index is 13.6. The molecular formula is C36H33BBrF3N6O6. The van der Waals surface area contributed by atoms with Crippen molar-refractivity contribution in [2.45, 2.75) is 0 Å². The van der Waals surface area contributed by atoms with E-state index in [1.807, 2.05) is 0 Å². The van der Waals surface area contributed by atoms with E-state index in [2.05, 4.69) is 15.9 Å². The van der Waals surface area contributed by atoms with Gasteiger partial charge in [0.05, 0.1) is 31.3 Å². The number of benzene rings is 6. The Labute approximate surface area is 311 Å². The number of rotatable bonds is 5. The molecule has 0 aromatic heterocycles. The summed E-state index contributed by atoms with van der Waals surface area (Å²) in [4.78, 5) is 20.2. The minimum Gasteiger partial charge on any atom is -0.423 e. The highest BCUT2D eigenvalue weighted by Gasteiger charge is 2.21. The van der Waals surface area contributed by atoms with Crippen LogP contribution in [0.25, 0.3) is 22.3 Å². The molecule has 0 saturated heterocycles. The molecule has 0 saturated carbocycles. The van der Waals surface area contributed by atoms with Crippen LogP contribution in [0.2, 0.25) is 0 Å². The van der Waals surface area contributed by atoms with Crippen LogP contribution in [0, 0.1) is 37.7 Å². The van der Waals surface area contributed by atoms with Crippen LogP contribution in [-0.4, -0.2) is 27.0 Å². The second-order valence-electron chi connectivity index (χ2n) is 10.6. The number of nitro benzene ring substituents is 2. The number of nitro groups is 2. The average Bonchev–Trinajstić information content (AvgIpc) is 3.10. The molecule has 10 N–H and O–H groups in total. The van der Waals surface area contributed by atoms with Gasteiger partial charge in [0.15, 0.2) is 0 Å². The minimum absolute atomic E-state index is 0. The Hall–Kier alpha value is -6.43. The summed E-state index contributed by atoms with van der Waals surface area (Å²) in [5.74, 6) is -1.41. The summed E-state index contributed by atoms with van der Waals surface area (Å²) < 4.78 is 40.0. The zero-order valence-corrected chi connectivity index (χ0v) is 29.0. The molecule has 0 heterocycles. The Morgan fingerprint density at radius 2 is 0.925 bits per heavy atom. The number of nitrogens with two attached hydrogens (primary N) is 4. The number of para-hydroxylation sites is 3. The highest BCUT2D eigenvalue weighted by molar-refractivity contribution is 9.10. The van der Waals surface area contributed by atoms with Crippen LogP contribution in [0.15, 0.2) is 132 Å². The van der Waals surface area contributed by atoms with Crippen molar-refractivity contribution in [3.8, 4) is 22.3 Å². The highest BCUT2D eigenvalue weighted by atomic mass is 79.9. The Morgan fingerprint density at radius 1 is 0.528 bits per heavy atom. The molecule has 0 unspecified atom stereocenters. The predicted octanol–water partition coefficient (Wildman–Crippen LogP) is 7.33. The second-order valence-corrected chi connectivity index (χ2v) is 11.5.